The molecule has 112 valence electrons. The van der Waals surface area contributed by atoms with Crippen molar-refractivity contribution in [2.75, 3.05) is 13.7 Å². The van der Waals surface area contributed by atoms with Gasteiger partial charge in [-0.05, 0) is 55.3 Å². The second kappa shape index (κ2) is 7.79. The van der Waals surface area contributed by atoms with Crippen molar-refractivity contribution in [3.05, 3.63) is 65.5 Å². The van der Waals surface area contributed by atoms with Crippen LogP contribution in [0.25, 0.3) is 0 Å². The van der Waals surface area contributed by atoms with E-state index in [1.54, 1.807) is 12.1 Å². The summed E-state index contributed by atoms with van der Waals surface area (Å²) < 4.78 is 19.0. The molecule has 1 unspecified atom stereocenters. The van der Waals surface area contributed by atoms with Crippen LogP contribution >= 0.6 is 0 Å². The van der Waals surface area contributed by atoms with Crippen molar-refractivity contribution in [2.24, 2.45) is 0 Å². The van der Waals surface area contributed by atoms with E-state index in [2.05, 4.69) is 24.4 Å². The Morgan fingerprint density at radius 2 is 1.95 bits per heavy atom. The van der Waals surface area contributed by atoms with Crippen LogP contribution < -0.4 is 10.1 Å². The number of ether oxygens (including phenoxy) is 1. The fraction of sp³-hybridized carbons (Fsp3) is 0.333. The minimum atomic E-state index is -0.192. The summed E-state index contributed by atoms with van der Waals surface area (Å²) >= 11 is 0. The summed E-state index contributed by atoms with van der Waals surface area (Å²) in [6.45, 7) is 2.81. The lowest BCUT2D eigenvalue weighted by Crippen LogP contribution is -2.19. The standard InChI is InChI=1S/C18H22FNO/c1-3-10-21-17-9-5-7-15(13-17)18(20-2)12-14-6-4-8-16(19)11-14/h4-9,11,13,18,20H,3,10,12H2,1-2H3. The molecule has 1 atom stereocenters. The van der Waals surface area contributed by atoms with Gasteiger partial charge < -0.3 is 10.1 Å². The number of likely N-dealkylation sites (N-methyl/N-ethyl adjacent to an activating group) is 1. The van der Waals surface area contributed by atoms with Gasteiger partial charge in [0.2, 0.25) is 0 Å². The van der Waals surface area contributed by atoms with E-state index in [-0.39, 0.29) is 11.9 Å². The molecule has 2 aromatic rings. The summed E-state index contributed by atoms with van der Waals surface area (Å²) in [4.78, 5) is 0. The quantitative estimate of drug-likeness (QED) is 0.827. The molecule has 0 aliphatic rings. The van der Waals surface area contributed by atoms with Gasteiger partial charge in [-0.1, -0.05) is 31.2 Å². The Morgan fingerprint density at radius 3 is 2.67 bits per heavy atom. The normalized spacial score (nSPS) is 12.1. The van der Waals surface area contributed by atoms with Crippen LogP contribution in [0.1, 0.15) is 30.5 Å². The molecule has 2 rings (SSSR count). The molecule has 2 aromatic carbocycles. The first kappa shape index (κ1) is 15.5. The Hall–Kier alpha value is -1.87. The van der Waals surface area contributed by atoms with E-state index in [1.165, 1.54) is 6.07 Å². The zero-order chi connectivity index (χ0) is 15.1. The Kier molecular flexibility index (Phi) is 5.76. The highest BCUT2D eigenvalue weighted by atomic mass is 19.1. The second-order valence-electron chi connectivity index (χ2n) is 5.10. The maximum atomic E-state index is 13.3. The van der Waals surface area contributed by atoms with E-state index in [0.29, 0.717) is 0 Å². The number of nitrogens with one attached hydrogen (secondary N) is 1. The average molecular weight is 287 g/mol. The van der Waals surface area contributed by atoms with Crippen molar-refractivity contribution in [2.45, 2.75) is 25.8 Å². The van der Waals surface area contributed by atoms with Gasteiger partial charge in [-0.2, -0.15) is 0 Å². The first-order chi connectivity index (χ1) is 10.2. The third-order valence-electron chi connectivity index (χ3n) is 3.41. The van der Waals surface area contributed by atoms with Crippen molar-refractivity contribution in [1.29, 1.82) is 0 Å². The molecule has 0 heterocycles. The van der Waals surface area contributed by atoms with Crippen molar-refractivity contribution < 1.29 is 9.13 Å². The van der Waals surface area contributed by atoms with Crippen LogP contribution in [-0.2, 0) is 6.42 Å². The Morgan fingerprint density at radius 1 is 1.14 bits per heavy atom. The van der Waals surface area contributed by atoms with Gasteiger partial charge >= 0.3 is 0 Å². The summed E-state index contributed by atoms with van der Waals surface area (Å²) in [7, 11) is 1.92. The van der Waals surface area contributed by atoms with Crippen LogP contribution in [0.3, 0.4) is 0 Å². The van der Waals surface area contributed by atoms with Gasteiger partial charge in [0.1, 0.15) is 11.6 Å². The Bertz CT molecular complexity index is 571. The highest BCUT2D eigenvalue weighted by Crippen LogP contribution is 2.23. The lowest BCUT2D eigenvalue weighted by molar-refractivity contribution is 0.317. The molecule has 1 N–H and O–H groups in total. The van der Waals surface area contributed by atoms with Crippen molar-refractivity contribution in [1.82, 2.24) is 5.32 Å². The van der Waals surface area contributed by atoms with Gasteiger partial charge in [0.15, 0.2) is 0 Å². The van der Waals surface area contributed by atoms with E-state index < -0.39 is 0 Å². The van der Waals surface area contributed by atoms with E-state index in [1.807, 2.05) is 25.2 Å². The molecule has 0 amide bonds. The van der Waals surface area contributed by atoms with E-state index >= 15 is 0 Å². The van der Waals surface area contributed by atoms with Crippen molar-refractivity contribution in [3.8, 4) is 5.75 Å². The monoisotopic (exact) mass is 287 g/mol. The highest BCUT2D eigenvalue weighted by Gasteiger charge is 2.11. The summed E-state index contributed by atoms with van der Waals surface area (Å²) in [6, 6.07) is 15.0. The third-order valence-corrected chi connectivity index (χ3v) is 3.41. The van der Waals surface area contributed by atoms with Gasteiger partial charge in [-0.3, -0.25) is 0 Å². The number of hydrogen-bond donors (Lipinski definition) is 1. The van der Waals surface area contributed by atoms with Crippen LogP contribution in [0.5, 0.6) is 5.75 Å². The van der Waals surface area contributed by atoms with Gasteiger partial charge in [0.25, 0.3) is 0 Å². The molecule has 0 aliphatic heterocycles. The SMILES string of the molecule is CCCOc1cccc(C(Cc2cccc(F)c2)NC)c1. The number of rotatable bonds is 7. The third kappa shape index (κ3) is 4.57. The van der Waals surface area contributed by atoms with Gasteiger partial charge in [0, 0.05) is 6.04 Å². The van der Waals surface area contributed by atoms with E-state index in [4.69, 9.17) is 4.74 Å². The molecule has 0 fully saturated rings. The van der Waals surface area contributed by atoms with Crippen LogP contribution in [0.2, 0.25) is 0 Å². The minimum Gasteiger partial charge on any atom is -0.494 e. The zero-order valence-corrected chi connectivity index (χ0v) is 12.6. The maximum absolute atomic E-state index is 13.3. The highest BCUT2D eigenvalue weighted by molar-refractivity contribution is 5.32. The number of benzene rings is 2. The molecule has 3 heteroatoms. The van der Waals surface area contributed by atoms with Crippen molar-refractivity contribution in [3.63, 3.8) is 0 Å². The predicted octanol–water partition coefficient (Wildman–Crippen LogP) is 4.12. The smallest absolute Gasteiger partial charge is 0.123 e. The lowest BCUT2D eigenvalue weighted by atomic mass is 9.99. The fourth-order valence-electron chi connectivity index (χ4n) is 2.33. The van der Waals surface area contributed by atoms with Crippen LogP contribution in [0, 0.1) is 5.82 Å². The predicted molar refractivity (Wildman–Crippen MR) is 84.1 cm³/mol. The van der Waals surface area contributed by atoms with Crippen molar-refractivity contribution >= 4 is 0 Å². The van der Waals surface area contributed by atoms with Crippen LogP contribution in [-0.4, -0.2) is 13.7 Å². The van der Waals surface area contributed by atoms with Crippen LogP contribution in [0.4, 0.5) is 4.39 Å². The minimum absolute atomic E-state index is 0.136. The molecule has 0 bridgehead atoms. The molecule has 2 nitrogen and oxygen atoms in total. The first-order valence-electron chi connectivity index (χ1n) is 7.37. The molecule has 0 saturated heterocycles. The van der Waals surface area contributed by atoms with Crippen LogP contribution in [0.15, 0.2) is 48.5 Å². The number of hydrogen-bond acceptors (Lipinski definition) is 2. The fourth-order valence-corrected chi connectivity index (χ4v) is 2.33. The second-order valence-corrected chi connectivity index (χ2v) is 5.10. The van der Waals surface area contributed by atoms with Gasteiger partial charge in [-0.25, -0.2) is 4.39 Å². The molecular formula is C18H22FNO. The Labute approximate surface area is 126 Å². The Balaban J connectivity index is 2.13. The molecule has 0 aromatic heterocycles. The van der Waals surface area contributed by atoms with Gasteiger partial charge in [0.05, 0.1) is 6.61 Å². The largest absolute Gasteiger partial charge is 0.494 e. The number of halogens is 1. The summed E-state index contributed by atoms with van der Waals surface area (Å²) in [5, 5.41) is 3.29. The molecule has 21 heavy (non-hydrogen) atoms. The lowest BCUT2D eigenvalue weighted by Gasteiger charge is -2.18. The first-order valence-corrected chi connectivity index (χ1v) is 7.37. The summed E-state index contributed by atoms with van der Waals surface area (Å²) in [5.74, 6) is 0.691. The molecule has 0 aliphatic carbocycles. The topological polar surface area (TPSA) is 21.3 Å². The summed E-state index contributed by atoms with van der Waals surface area (Å²) in [5.41, 5.74) is 2.13. The maximum Gasteiger partial charge on any atom is 0.123 e. The van der Waals surface area contributed by atoms with Gasteiger partial charge in [-0.15, -0.1) is 0 Å². The molecule has 0 radical (unpaired) electrons. The zero-order valence-electron chi connectivity index (χ0n) is 12.6. The summed E-state index contributed by atoms with van der Waals surface area (Å²) in [6.07, 6.45) is 1.73. The average Bonchev–Trinajstić information content (AvgIpc) is 2.51. The van der Waals surface area contributed by atoms with E-state index in [0.717, 1.165) is 36.3 Å². The molecular weight excluding hydrogens is 265 g/mol. The molecule has 0 saturated carbocycles. The molecule has 0 spiro atoms. The van der Waals surface area contributed by atoms with E-state index in [9.17, 15) is 4.39 Å².